The molecule has 3 aliphatic rings. The van der Waals surface area contributed by atoms with E-state index < -0.39 is 0 Å². The predicted octanol–water partition coefficient (Wildman–Crippen LogP) is 5.03. The lowest BCUT2D eigenvalue weighted by Gasteiger charge is -2.32. The summed E-state index contributed by atoms with van der Waals surface area (Å²) in [5.74, 6) is 0. The number of likely N-dealkylation sites (tertiary alicyclic amines) is 1. The number of benzene rings is 2. The lowest BCUT2D eigenvalue weighted by atomic mass is 9.85. The van der Waals surface area contributed by atoms with Crippen molar-refractivity contribution in [3.63, 3.8) is 0 Å². The van der Waals surface area contributed by atoms with E-state index in [2.05, 4.69) is 60.0 Å². The molecule has 2 nitrogen and oxygen atoms in total. The first-order valence-corrected chi connectivity index (χ1v) is 10.9. The van der Waals surface area contributed by atoms with E-state index in [9.17, 15) is 0 Å². The molecule has 0 spiro atoms. The Bertz CT molecular complexity index is 832. The Balaban J connectivity index is 1.36. The number of hydrogen-bond acceptors (Lipinski definition) is 2. The molecule has 0 amide bonds. The van der Waals surface area contributed by atoms with E-state index >= 15 is 0 Å². The van der Waals surface area contributed by atoms with Crippen LogP contribution in [0.3, 0.4) is 0 Å². The Morgan fingerprint density at radius 1 is 0.815 bits per heavy atom. The van der Waals surface area contributed by atoms with Gasteiger partial charge in [0.15, 0.2) is 0 Å². The van der Waals surface area contributed by atoms with Crippen LogP contribution < -0.4 is 0 Å². The van der Waals surface area contributed by atoms with Gasteiger partial charge in [-0.05, 0) is 98.5 Å². The van der Waals surface area contributed by atoms with Crippen molar-refractivity contribution in [1.82, 2.24) is 9.80 Å². The monoisotopic (exact) mass is 360 g/mol. The summed E-state index contributed by atoms with van der Waals surface area (Å²) in [4.78, 5) is 5.29. The third-order valence-corrected chi connectivity index (χ3v) is 7.08. The zero-order valence-corrected chi connectivity index (χ0v) is 16.9. The van der Waals surface area contributed by atoms with Crippen LogP contribution in [0.15, 0.2) is 36.4 Å². The van der Waals surface area contributed by atoms with Crippen molar-refractivity contribution in [3.8, 4) is 11.1 Å². The molecule has 2 aromatic carbocycles. The van der Waals surface area contributed by atoms with Crippen LogP contribution >= 0.6 is 0 Å². The van der Waals surface area contributed by atoms with Gasteiger partial charge < -0.3 is 4.90 Å². The highest BCUT2D eigenvalue weighted by atomic mass is 15.2. The summed E-state index contributed by atoms with van der Waals surface area (Å²) < 4.78 is 0. The summed E-state index contributed by atoms with van der Waals surface area (Å²) in [6.45, 7) is 9.44. The van der Waals surface area contributed by atoms with Crippen LogP contribution in [-0.4, -0.2) is 35.0 Å². The normalized spacial score (nSPS) is 23.0. The second kappa shape index (κ2) is 7.07. The molecule has 0 aromatic heterocycles. The minimum atomic E-state index is 0.619. The number of fused-ring (bicyclic) bond motifs is 2. The molecule has 0 radical (unpaired) electrons. The third kappa shape index (κ3) is 3.34. The van der Waals surface area contributed by atoms with Gasteiger partial charge in [0, 0.05) is 25.2 Å². The Kier molecular flexibility index (Phi) is 4.57. The molecule has 1 saturated heterocycles. The highest BCUT2D eigenvalue weighted by molar-refractivity contribution is 5.67. The fourth-order valence-corrected chi connectivity index (χ4v) is 5.30. The third-order valence-electron chi connectivity index (χ3n) is 7.08. The molecular formula is C25H32N2. The average Bonchev–Trinajstić information content (AvgIpc) is 3.36. The molecule has 142 valence electrons. The molecule has 2 aromatic rings. The SMILES string of the molecule is CC(C)N1Cc2ccc(-c3ccc4c(c3)CCC(N3CCCC3)C4)cc2C1. The number of nitrogens with zero attached hydrogens (tertiary/aromatic N) is 2. The highest BCUT2D eigenvalue weighted by Crippen LogP contribution is 2.33. The van der Waals surface area contributed by atoms with E-state index in [0.717, 1.165) is 19.1 Å². The molecule has 5 rings (SSSR count). The first kappa shape index (κ1) is 17.5. The standard InChI is InChI=1S/C25H32N2/c1-18(2)27-16-23-8-7-20(14-24(23)17-27)19-5-6-22-15-25(10-9-21(22)13-19)26-11-3-4-12-26/h5-8,13-14,18,25H,3-4,9-12,15-17H2,1-2H3. The van der Waals surface area contributed by atoms with Crippen molar-refractivity contribution in [2.75, 3.05) is 13.1 Å². The van der Waals surface area contributed by atoms with Crippen molar-refractivity contribution < 1.29 is 0 Å². The van der Waals surface area contributed by atoms with Crippen molar-refractivity contribution in [2.24, 2.45) is 0 Å². The van der Waals surface area contributed by atoms with Crippen LogP contribution in [0.2, 0.25) is 0 Å². The highest BCUT2D eigenvalue weighted by Gasteiger charge is 2.26. The van der Waals surface area contributed by atoms with Gasteiger partial charge in [0.1, 0.15) is 0 Å². The maximum atomic E-state index is 2.73. The van der Waals surface area contributed by atoms with Gasteiger partial charge in [-0.15, -0.1) is 0 Å². The van der Waals surface area contributed by atoms with E-state index in [-0.39, 0.29) is 0 Å². The number of rotatable bonds is 3. The van der Waals surface area contributed by atoms with Crippen LogP contribution in [0.5, 0.6) is 0 Å². The van der Waals surface area contributed by atoms with Gasteiger partial charge in [-0.2, -0.15) is 0 Å². The molecule has 1 fully saturated rings. The molecular weight excluding hydrogens is 328 g/mol. The number of hydrogen-bond donors (Lipinski definition) is 0. The second-order valence-corrected chi connectivity index (χ2v) is 9.11. The summed E-state index contributed by atoms with van der Waals surface area (Å²) in [6.07, 6.45) is 6.63. The van der Waals surface area contributed by atoms with E-state index in [1.807, 2.05) is 0 Å². The first-order chi connectivity index (χ1) is 13.2. The lowest BCUT2D eigenvalue weighted by molar-refractivity contribution is 0.222. The largest absolute Gasteiger partial charge is 0.300 e. The van der Waals surface area contributed by atoms with Gasteiger partial charge in [-0.25, -0.2) is 0 Å². The maximum Gasteiger partial charge on any atom is 0.0243 e. The summed E-state index contributed by atoms with van der Waals surface area (Å²) in [5.41, 5.74) is 9.01. The first-order valence-electron chi connectivity index (χ1n) is 10.9. The molecule has 1 atom stereocenters. The minimum Gasteiger partial charge on any atom is -0.300 e. The van der Waals surface area contributed by atoms with Crippen molar-refractivity contribution in [2.45, 2.75) is 71.1 Å². The maximum absolute atomic E-state index is 2.73. The van der Waals surface area contributed by atoms with Crippen LogP contribution in [0.25, 0.3) is 11.1 Å². The van der Waals surface area contributed by atoms with E-state index in [1.165, 1.54) is 67.4 Å². The van der Waals surface area contributed by atoms with Crippen LogP contribution in [0, 0.1) is 0 Å². The van der Waals surface area contributed by atoms with Crippen molar-refractivity contribution in [1.29, 1.82) is 0 Å². The zero-order chi connectivity index (χ0) is 18.4. The van der Waals surface area contributed by atoms with Crippen molar-refractivity contribution in [3.05, 3.63) is 58.7 Å². The van der Waals surface area contributed by atoms with E-state index in [1.54, 1.807) is 11.1 Å². The molecule has 0 N–H and O–H groups in total. The Morgan fingerprint density at radius 3 is 2.22 bits per heavy atom. The second-order valence-electron chi connectivity index (χ2n) is 9.11. The van der Waals surface area contributed by atoms with Gasteiger partial charge in [0.2, 0.25) is 0 Å². The summed E-state index contributed by atoms with van der Waals surface area (Å²) in [7, 11) is 0. The Labute approximate surface area is 164 Å². The van der Waals surface area contributed by atoms with E-state index in [0.29, 0.717) is 6.04 Å². The van der Waals surface area contributed by atoms with Gasteiger partial charge >= 0.3 is 0 Å². The lowest BCUT2D eigenvalue weighted by Crippen LogP contribution is -2.37. The summed E-state index contributed by atoms with van der Waals surface area (Å²) >= 11 is 0. The molecule has 0 bridgehead atoms. The molecule has 2 aliphatic heterocycles. The molecule has 2 heterocycles. The van der Waals surface area contributed by atoms with Crippen LogP contribution in [-0.2, 0) is 25.9 Å². The molecule has 2 heteroatoms. The van der Waals surface area contributed by atoms with Gasteiger partial charge in [0.05, 0.1) is 0 Å². The molecule has 1 unspecified atom stereocenters. The van der Waals surface area contributed by atoms with E-state index in [4.69, 9.17) is 0 Å². The van der Waals surface area contributed by atoms with Gasteiger partial charge in [0.25, 0.3) is 0 Å². The van der Waals surface area contributed by atoms with Crippen LogP contribution in [0.4, 0.5) is 0 Å². The fraction of sp³-hybridized carbons (Fsp3) is 0.520. The van der Waals surface area contributed by atoms with Crippen molar-refractivity contribution >= 4 is 0 Å². The molecule has 0 saturated carbocycles. The molecule has 27 heavy (non-hydrogen) atoms. The Morgan fingerprint density at radius 2 is 1.48 bits per heavy atom. The van der Waals surface area contributed by atoms with Gasteiger partial charge in [-0.1, -0.05) is 30.3 Å². The smallest absolute Gasteiger partial charge is 0.0243 e. The quantitative estimate of drug-likeness (QED) is 0.757. The summed E-state index contributed by atoms with van der Waals surface area (Å²) in [5, 5.41) is 0. The van der Waals surface area contributed by atoms with Crippen LogP contribution in [0.1, 0.15) is 55.4 Å². The van der Waals surface area contributed by atoms with Gasteiger partial charge in [-0.3, -0.25) is 4.90 Å². The fourth-order valence-electron chi connectivity index (χ4n) is 5.30. The summed E-state index contributed by atoms with van der Waals surface area (Å²) in [6, 6.07) is 15.8. The average molecular weight is 361 g/mol. The molecule has 1 aliphatic carbocycles. The zero-order valence-electron chi connectivity index (χ0n) is 16.9. The predicted molar refractivity (Wildman–Crippen MR) is 113 cm³/mol. The number of aryl methyl sites for hydroxylation is 1. The Hall–Kier alpha value is -1.64. The topological polar surface area (TPSA) is 6.48 Å². The minimum absolute atomic E-state index is 0.619.